The largest absolute Gasteiger partial charge is 0.493 e. The Morgan fingerprint density at radius 3 is 2.75 bits per heavy atom. The predicted molar refractivity (Wildman–Crippen MR) is 89.1 cm³/mol. The van der Waals surface area contributed by atoms with E-state index in [1.165, 1.54) is 0 Å². The summed E-state index contributed by atoms with van der Waals surface area (Å²) < 4.78 is 24.8. The van der Waals surface area contributed by atoms with Gasteiger partial charge < -0.3 is 14.2 Å². The summed E-state index contributed by atoms with van der Waals surface area (Å²) in [6.45, 7) is 0. The van der Waals surface area contributed by atoms with Crippen molar-refractivity contribution in [2.75, 3.05) is 14.2 Å². The van der Waals surface area contributed by atoms with E-state index in [2.05, 4.69) is 8.75 Å². The number of fused-ring (bicyclic) bond motifs is 3. The number of carbonyl (C=O) groups excluding carboxylic acids is 1. The van der Waals surface area contributed by atoms with Crippen molar-refractivity contribution >= 4 is 28.7 Å². The molecule has 1 atom stereocenters. The number of hydrogen-bond acceptors (Lipinski definition) is 7. The maximum absolute atomic E-state index is 12.0. The van der Waals surface area contributed by atoms with Crippen molar-refractivity contribution < 1.29 is 19.0 Å². The number of methoxy groups -OCH3 is 2. The van der Waals surface area contributed by atoms with Gasteiger partial charge in [-0.1, -0.05) is 6.07 Å². The summed E-state index contributed by atoms with van der Waals surface area (Å²) in [6, 6.07) is 9.27. The summed E-state index contributed by atoms with van der Waals surface area (Å²) in [6.07, 6.45) is 0.249. The van der Waals surface area contributed by atoms with Gasteiger partial charge in [-0.05, 0) is 29.8 Å². The second-order valence-electron chi connectivity index (χ2n) is 5.45. The quantitative estimate of drug-likeness (QED) is 0.538. The van der Waals surface area contributed by atoms with Crippen LogP contribution in [0.15, 0.2) is 30.3 Å². The number of nitrogens with zero attached hydrogens (tertiary/aromatic N) is 2. The van der Waals surface area contributed by atoms with Crippen LogP contribution in [0.5, 0.6) is 17.2 Å². The number of rotatable bonds is 3. The van der Waals surface area contributed by atoms with Crippen molar-refractivity contribution in [1.29, 1.82) is 0 Å². The number of benzene rings is 2. The Hall–Kier alpha value is -2.67. The number of hydrogen-bond donors (Lipinski definition) is 0. The minimum atomic E-state index is -0.259. The molecule has 0 spiro atoms. The van der Waals surface area contributed by atoms with Crippen LogP contribution in [0.4, 0.5) is 0 Å². The number of ether oxygens (including phenoxy) is 3. The van der Waals surface area contributed by atoms with E-state index in [-0.39, 0.29) is 18.3 Å². The Labute approximate surface area is 142 Å². The Morgan fingerprint density at radius 2 is 1.96 bits per heavy atom. The molecular weight excluding hydrogens is 328 g/mol. The molecule has 0 radical (unpaired) electrons. The molecule has 0 unspecified atom stereocenters. The molecule has 0 bridgehead atoms. The van der Waals surface area contributed by atoms with Crippen LogP contribution in [0.25, 0.3) is 11.0 Å². The van der Waals surface area contributed by atoms with Gasteiger partial charge in [0.05, 0.1) is 32.4 Å². The lowest BCUT2D eigenvalue weighted by molar-refractivity contribution is -0.135. The summed E-state index contributed by atoms with van der Waals surface area (Å²) in [5.74, 6) is 1.40. The van der Waals surface area contributed by atoms with Crippen LogP contribution >= 0.6 is 11.7 Å². The highest BCUT2D eigenvalue weighted by atomic mass is 32.1. The molecule has 2 heterocycles. The van der Waals surface area contributed by atoms with Gasteiger partial charge in [-0.2, -0.15) is 8.75 Å². The fourth-order valence-electron chi connectivity index (χ4n) is 3.07. The third kappa shape index (κ3) is 2.28. The highest BCUT2D eigenvalue weighted by Gasteiger charge is 2.32. The molecule has 6 nitrogen and oxygen atoms in total. The van der Waals surface area contributed by atoms with Crippen LogP contribution in [0.3, 0.4) is 0 Å². The van der Waals surface area contributed by atoms with Crippen molar-refractivity contribution in [1.82, 2.24) is 8.75 Å². The molecule has 24 heavy (non-hydrogen) atoms. The molecule has 7 heteroatoms. The van der Waals surface area contributed by atoms with Crippen LogP contribution in [-0.4, -0.2) is 28.9 Å². The van der Waals surface area contributed by atoms with E-state index in [0.717, 1.165) is 33.9 Å². The Kier molecular flexibility index (Phi) is 3.57. The van der Waals surface area contributed by atoms with E-state index in [9.17, 15) is 4.79 Å². The first-order valence-electron chi connectivity index (χ1n) is 7.39. The monoisotopic (exact) mass is 342 g/mol. The van der Waals surface area contributed by atoms with Gasteiger partial charge in [-0.25, -0.2) is 0 Å². The number of esters is 1. The lowest BCUT2D eigenvalue weighted by Crippen LogP contribution is -2.21. The zero-order valence-electron chi connectivity index (χ0n) is 13.1. The Balaban J connectivity index is 1.90. The molecule has 122 valence electrons. The zero-order valence-corrected chi connectivity index (χ0v) is 13.9. The van der Waals surface area contributed by atoms with Gasteiger partial charge in [-0.3, -0.25) is 4.79 Å². The molecule has 0 aliphatic carbocycles. The Bertz CT molecular complexity index is 937. The van der Waals surface area contributed by atoms with Crippen molar-refractivity contribution in [2.24, 2.45) is 0 Å². The average molecular weight is 342 g/mol. The van der Waals surface area contributed by atoms with E-state index in [4.69, 9.17) is 14.2 Å². The lowest BCUT2D eigenvalue weighted by Gasteiger charge is -2.25. The smallest absolute Gasteiger partial charge is 0.312 e. The number of aromatic nitrogens is 2. The molecule has 0 fully saturated rings. The number of carbonyl (C=O) groups is 1. The van der Waals surface area contributed by atoms with Crippen LogP contribution < -0.4 is 14.2 Å². The molecule has 0 amide bonds. The molecule has 1 aromatic heterocycles. The molecule has 0 saturated heterocycles. The van der Waals surface area contributed by atoms with Crippen molar-refractivity contribution in [3.05, 3.63) is 41.5 Å². The van der Waals surface area contributed by atoms with E-state index in [1.54, 1.807) is 20.3 Å². The zero-order chi connectivity index (χ0) is 16.7. The minimum Gasteiger partial charge on any atom is -0.493 e. The summed E-state index contributed by atoms with van der Waals surface area (Å²) in [5.41, 5.74) is 3.44. The molecular formula is C17H14N2O4S. The summed E-state index contributed by atoms with van der Waals surface area (Å²) >= 11 is 1.15. The van der Waals surface area contributed by atoms with Crippen LogP contribution in [0.2, 0.25) is 0 Å². The van der Waals surface area contributed by atoms with Gasteiger partial charge in [0.25, 0.3) is 0 Å². The maximum Gasteiger partial charge on any atom is 0.312 e. The van der Waals surface area contributed by atoms with Crippen molar-refractivity contribution in [3.8, 4) is 17.2 Å². The fraction of sp³-hybridized carbons (Fsp3) is 0.235. The SMILES string of the molecule is COc1ccc([C@@H]2CC(=O)Oc3ccc4nsnc4c32)cc1OC. The standard InChI is InChI=1S/C17H14N2O4S/c1-21-12-5-3-9(7-14(12)22-2)10-8-15(20)23-13-6-4-11-17(16(10)13)19-24-18-11/h3-7,10H,8H2,1-2H3/t10-/m0/s1. The highest BCUT2D eigenvalue weighted by Crippen LogP contribution is 2.44. The maximum atomic E-state index is 12.0. The first-order valence-corrected chi connectivity index (χ1v) is 8.12. The second kappa shape index (κ2) is 5.76. The molecule has 1 aliphatic heterocycles. The topological polar surface area (TPSA) is 70.5 Å². The molecule has 0 N–H and O–H groups in total. The van der Waals surface area contributed by atoms with Gasteiger partial charge in [0, 0.05) is 11.5 Å². The highest BCUT2D eigenvalue weighted by molar-refractivity contribution is 7.00. The molecule has 2 aromatic carbocycles. The Morgan fingerprint density at radius 1 is 1.12 bits per heavy atom. The van der Waals surface area contributed by atoms with Crippen LogP contribution in [0.1, 0.15) is 23.5 Å². The van der Waals surface area contributed by atoms with E-state index in [0.29, 0.717) is 17.2 Å². The normalized spacial score (nSPS) is 16.6. The van der Waals surface area contributed by atoms with Gasteiger partial charge in [0.15, 0.2) is 11.5 Å². The summed E-state index contributed by atoms with van der Waals surface area (Å²) in [7, 11) is 3.18. The van der Waals surface area contributed by atoms with E-state index in [1.807, 2.05) is 24.3 Å². The van der Waals surface area contributed by atoms with Crippen molar-refractivity contribution in [3.63, 3.8) is 0 Å². The van der Waals surface area contributed by atoms with Crippen LogP contribution in [0, 0.1) is 0 Å². The first-order chi connectivity index (χ1) is 11.7. The summed E-state index contributed by atoms with van der Waals surface area (Å²) in [5, 5.41) is 0. The fourth-order valence-corrected chi connectivity index (χ4v) is 3.62. The van der Waals surface area contributed by atoms with E-state index >= 15 is 0 Å². The van der Waals surface area contributed by atoms with Gasteiger partial charge >= 0.3 is 5.97 Å². The summed E-state index contributed by atoms with van der Waals surface area (Å²) in [4.78, 5) is 12.0. The molecule has 3 aromatic rings. The van der Waals surface area contributed by atoms with Crippen LogP contribution in [-0.2, 0) is 4.79 Å². The third-order valence-corrected chi connectivity index (χ3v) is 4.72. The van der Waals surface area contributed by atoms with Gasteiger partial charge in [-0.15, -0.1) is 0 Å². The molecule has 1 aliphatic rings. The predicted octanol–water partition coefficient (Wildman–Crippen LogP) is 3.15. The van der Waals surface area contributed by atoms with E-state index < -0.39 is 0 Å². The van der Waals surface area contributed by atoms with Gasteiger partial charge in [0.2, 0.25) is 0 Å². The van der Waals surface area contributed by atoms with Crippen molar-refractivity contribution in [2.45, 2.75) is 12.3 Å². The average Bonchev–Trinajstić information content (AvgIpc) is 3.09. The van der Waals surface area contributed by atoms with Gasteiger partial charge in [0.1, 0.15) is 16.8 Å². The molecule has 4 rings (SSSR count). The molecule has 0 saturated carbocycles. The second-order valence-corrected chi connectivity index (χ2v) is 5.98. The minimum absolute atomic E-state index is 0.159. The lowest BCUT2D eigenvalue weighted by atomic mass is 9.85. The third-order valence-electron chi connectivity index (χ3n) is 4.18. The first kappa shape index (κ1) is 14.9.